The van der Waals surface area contributed by atoms with E-state index in [1.165, 1.54) is 0 Å². The fourth-order valence-corrected chi connectivity index (χ4v) is 1.86. The topological polar surface area (TPSA) is 58.4 Å². The number of para-hydroxylation sites is 1. The maximum absolute atomic E-state index is 11.5. The lowest BCUT2D eigenvalue weighted by Gasteiger charge is -1.97. The summed E-state index contributed by atoms with van der Waals surface area (Å²) in [5.74, 6) is 0. The third-order valence-electron chi connectivity index (χ3n) is 2.78. The van der Waals surface area contributed by atoms with E-state index in [1.807, 2.05) is 24.3 Å². The third-order valence-corrected chi connectivity index (χ3v) is 2.78. The highest BCUT2D eigenvalue weighted by Crippen LogP contribution is 2.31. The van der Waals surface area contributed by atoms with E-state index in [9.17, 15) is 4.79 Å². The number of hydrogen-bond donors (Lipinski definition) is 1. The summed E-state index contributed by atoms with van der Waals surface area (Å²) in [5.41, 5.74) is 3.80. The lowest BCUT2D eigenvalue weighted by Crippen LogP contribution is -1.97. The standard InChI is InChI=1S/C13H10N2O2/c1-8-11(13(16)17-15-8)6-9-7-14-12-5-3-2-4-10(9)12/h2-7,15H,1H3/b9-6+. The molecule has 1 aliphatic rings. The highest BCUT2D eigenvalue weighted by Gasteiger charge is 2.13. The molecule has 0 spiro atoms. The summed E-state index contributed by atoms with van der Waals surface area (Å²) < 4.78 is 4.72. The lowest BCUT2D eigenvalue weighted by molar-refractivity contribution is 0.387. The van der Waals surface area contributed by atoms with Gasteiger partial charge in [0, 0.05) is 17.4 Å². The number of aromatic amines is 1. The molecule has 0 amide bonds. The van der Waals surface area contributed by atoms with Gasteiger partial charge in [-0.05, 0) is 19.1 Å². The summed E-state index contributed by atoms with van der Waals surface area (Å²) in [7, 11) is 0. The van der Waals surface area contributed by atoms with Crippen molar-refractivity contribution in [3.05, 3.63) is 51.5 Å². The second-order valence-corrected chi connectivity index (χ2v) is 3.91. The fraction of sp³-hybridized carbons (Fsp3) is 0.0769. The molecule has 0 aliphatic carbocycles. The van der Waals surface area contributed by atoms with Crippen LogP contribution in [0.25, 0.3) is 11.6 Å². The van der Waals surface area contributed by atoms with Crippen molar-refractivity contribution in [3.8, 4) is 0 Å². The van der Waals surface area contributed by atoms with Crippen LogP contribution in [0.5, 0.6) is 0 Å². The first-order valence-electron chi connectivity index (χ1n) is 5.29. The molecule has 0 saturated carbocycles. The van der Waals surface area contributed by atoms with Gasteiger partial charge in [-0.2, -0.15) is 0 Å². The normalized spacial score (nSPS) is 15.5. The monoisotopic (exact) mass is 226 g/mol. The Morgan fingerprint density at radius 2 is 2.18 bits per heavy atom. The van der Waals surface area contributed by atoms with Crippen molar-refractivity contribution < 1.29 is 4.52 Å². The molecular formula is C13H10N2O2. The predicted octanol–water partition coefficient (Wildman–Crippen LogP) is 2.53. The van der Waals surface area contributed by atoms with Gasteiger partial charge in [0.25, 0.3) is 0 Å². The zero-order valence-electron chi connectivity index (χ0n) is 9.23. The molecule has 1 aliphatic heterocycles. The fourth-order valence-electron chi connectivity index (χ4n) is 1.86. The second kappa shape index (κ2) is 3.59. The Bertz CT molecular complexity index is 689. The van der Waals surface area contributed by atoms with E-state index in [0.717, 1.165) is 22.5 Å². The highest BCUT2D eigenvalue weighted by atomic mass is 16.5. The number of allylic oxidation sites excluding steroid dienone is 1. The number of benzene rings is 1. The number of fused-ring (bicyclic) bond motifs is 1. The zero-order chi connectivity index (χ0) is 11.8. The van der Waals surface area contributed by atoms with E-state index in [-0.39, 0.29) is 5.63 Å². The number of rotatable bonds is 1. The summed E-state index contributed by atoms with van der Waals surface area (Å²) >= 11 is 0. The minimum Gasteiger partial charge on any atom is -0.338 e. The maximum Gasteiger partial charge on any atom is 0.364 e. The van der Waals surface area contributed by atoms with Crippen molar-refractivity contribution in [2.75, 3.05) is 0 Å². The molecule has 0 fully saturated rings. The summed E-state index contributed by atoms with van der Waals surface area (Å²) in [6.07, 6.45) is 3.56. The van der Waals surface area contributed by atoms with Gasteiger partial charge in [0.05, 0.1) is 16.9 Å². The van der Waals surface area contributed by atoms with Crippen LogP contribution in [-0.4, -0.2) is 11.4 Å². The molecule has 3 rings (SSSR count). The summed E-state index contributed by atoms with van der Waals surface area (Å²) in [5, 5.41) is 2.56. The maximum atomic E-state index is 11.5. The number of hydrogen-bond acceptors (Lipinski definition) is 3. The van der Waals surface area contributed by atoms with Gasteiger partial charge in [-0.3, -0.25) is 4.99 Å². The quantitative estimate of drug-likeness (QED) is 0.812. The molecule has 0 bridgehead atoms. The smallest absolute Gasteiger partial charge is 0.338 e. The Morgan fingerprint density at radius 1 is 1.35 bits per heavy atom. The average Bonchev–Trinajstić information content (AvgIpc) is 2.88. The third kappa shape index (κ3) is 1.54. The van der Waals surface area contributed by atoms with Crippen molar-refractivity contribution in [1.29, 1.82) is 0 Å². The van der Waals surface area contributed by atoms with E-state index in [2.05, 4.69) is 10.1 Å². The minimum absolute atomic E-state index is 0.354. The van der Waals surface area contributed by atoms with Crippen LogP contribution in [0.4, 0.5) is 5.69 Å². The van der Waals surface area contributed by atoms with Crippen molar-refractivity contribution >= 4 is 23.6 Å². The number of nitrogens with one attached hydrogen (secondary N) is 1. The van der Waals surface area contributed by atoms with Crippen LogP contribution in [0.3, 0.4) is 0 Å². The van der Waals surface area contributed by atoms with Gasteiger partial charge in [-0.25, -0.2) is 9.95 Å². The molecule has 0 atom stereocenters. The zero-order valence-corrected chi connectivity index (χ0v) is 9.23. The van der Waals surface area contributed by atoms with Crippen LogP contribution in [-0.2, 0) is 0 Å². The van der Waals surface area contributed by atoms with Gasteiger partial charge in [-0.15, -0.1) is 0 Å². The Labute approximate surface area is 97.3 Å². The summed E-state index contributed by atoms with van der Waals surface area (Å²) in [6.45, 7) is 1.80. The Kier molecular flexibility index (Phi) is 2.08. The molecule has 2 heterocycles. The van der Waals surface area contributed by atoms with Crippen molar-refractivity contribution in [1.82, 2.24) is 5.16 Å². The van der Waals surface area contributed by atoms with Crippen LogP contribution in [0.2, 0.25) is 0 Å². The first kappa shape index (κ1) is 9.84. The SMILES string of the molecule is Cc1[nH]oc(=O)c1/C=C1\C=Nc2ccccc21. The number of H-pyrrole nitrogens is 1. The van der Waals surface area contributed by atoms with E-state index < -0.39 is 0 Å². The van der Waals surface area contributed by atoms with Gasteiger partial charge >= 0.3 is 5.63 Å². The Balaban J connectivity index is 2.15. The molecule has 0 saturated heterocycles. The molecule has 1 aromatic heterocycles. The van der Waals surface area contributed by atoms with E-state index in [0.29, 0.717) is 5.56 Å². The van der Waals surface area contributed by atoms with E-state index in [4.69, 9.17) is 4.52 Å². The lowest BCUT2D eigenvalue weighted by atomic mass is 10.0. The molecule has 4 heteroatoms. The van der Waals surface area contributed by atoms with E-state index >= 15 is 0 Å². The molecular weight excluding hydrogens is 216 g/mol. The molecule has 1 aromatic carbocycles. The number of nitrogens with zero attached hydrogens (tertiary/aromatic N) is 1. The largest absolute Gasteiger partial charge is 0.364 e. The first-order chi connectivity index (χ1) is 8.25. The Hall–Kier alpha value is -2.36. The second-order valence-electron chi connectivity index (χ2n) is 3.91. The number of aliphatic imine (C=N–C) groups is 1. The molecule has 0 radical (unpaired) electrons. The number of aromatic nitrogens is 1. The van der Waals surface area contributed by atoms with Crippen LogP contribution in [0.15, 0.2) is 38.6 Å². The van der Waals surface area contributed by atoms with Crippen LogP contribution >= 0.6 is 0 Å². The first-order valence-corrected chi connectivity index (χ1v) is 5.29. The minimum atomic E-state index is -0.354. The van der Waals surface area contributed by atoms with E-state index in [1.54, 1.807) is 19.2 Å². The van der Waals surface area contributed by atoms with Gasteiger partial charge in [0.1, 0.15) is 0 Å². The molecule has 1 N–H and O–H groups in total. The van der Waals surface area contributed by atoms with Crippen molar-refractivity contribution in [2.45, 2.75) is 6.92 Å². The van der Waals surface area contributed by atoms with Crippen molar-refractivity contribution in [2.24, 2.45) is 4.99 Å². The Morgan fingerprint density at radius 3 is 2.94 bits per heavy atom. The molecule has 84 valence electrons. The molecule has 17 heavy (non-hydrogen) atoms. The van der Waals surface area contributed by atoms with Crippen LogP contribution in [0.1, 0.15) is 16.8 Å². The van der Waals surface area contributed by atoms with Crippen LogP contribution in [0, 0.1) is 6.92 Å². The average molecular weight is 226 g/mol. The molecule has 2 aromatic rings. The van der Waals surface area contributed by atoms with Gasteiger partial charge in [-0.1, -0.05) is 18.2 Å². The molecule has 0 unspecified atom stereocenters. The summed E-state index contributed by atoms with van der Waals surface area (Å²) in [6, 6.07) is 7.82. The van der Waals surface area contributed by atoms with Crippen molar-refractivity contribution in [3.63, 3.8) is 0 Å². The highest BCUT2D eigenvalue weighted by molar-refractivity contribution is 6.21. The summed E-state index contributed by atoms with van der Waals surface area (Å²) in [4.78, 5) is 15.7. The van der Waals surface area contributed by atoms with Crippen LogP contribution < -0.4 is 5.63 Å². The number of aryl methyl sites for hydroxylation is 1. The molecule has 4 nitrogen and oxygen atoms in total. The van der Waals surface area contributed by atoms with Gasteiger partial charge in [0.15, 0.2) is 0 Å². The van der Waals surface area contributed by atoms with Gasteiger partial charge < -0.3 is 4.52 Å². The van der Waals surface area contributed by atoms with Gasteiger partial charge in [0.2, 0.25) is 0 Å². The predicted molar refractivity (Wildman–Crippen MR) is 66.5 cm³/mol.